The van der Waals surface area contributed by atoms with Crippen LogP contribution in [0.4, 0.5) is 8.78 Å². The number of fused-ring (bicyclic) bond motifs is 2. The second-order valence-corrected chi connectivity index (χ2v) is 19.7. The van der Waals surface area contributed by atoms with Crippen LogP contribution in [0.5, 0.6) is 0 Å². The van der Waals surface area contributed by atoms with E-state index in [4.69, 9.17) is 32.7 Å². The number of esters is 2. The van der Waals surface area contributed by atoms with Crippen molar-refractivity contribution in [3.8, 4) is 0 Å². The first-order valence-electron chi connectivity index (χ1n) is 21.1. The van der Waals surface area contributed by atoms with Crippen LogP contribution in [0.2, 0.25) is 10.0 Å². The standard InChI is InChI=1S/C25H22ClFN2O4S.C13H14FNO2.C12H8ClNO3S/c1-3-33-24(30)15-29-16(2)21(22-14-19(27)8-11-23(22)29)13-17-5-4-12-28-25(17)34(31,32)20-9-6-18(26)7-10-20;1-3-17-13(16)8-15-9(2)6-10-7-11(14)4-5-12(10)15;13-10-3-5-11(6-4-10)18(16,17)12-9(8-15)2-1-7-14-12/h4-12,14H,3,13,15H2,1-2H3;4-7H,3,8H2,1-2H3;1-8H. The predicted molar refractivity (Wildman–Crippen MR) is 257 cm³/mol. The van der Waals surface area contributed by atoms with Crippen molar-refractivity contribution in [3.63, 3.8) is 0 Å². The molecule has 0 atom stereocenters. The summed E-state index contributed by atoms with van der Waals surface area (Å²) in [7, 11) is -7.72. The highest BCUT2D eigenvalue weighted by atomic mass is 35.5. The first kappa shape index (κ1) is 51.6. The third-order valence-electron chi connectivity index (χ3n) is 10.6. The Morgan fingerprint density at radius 2 is 1.16 bits per heavy atom. The molecule has 0 spiro atoms. The summed E-state index contributed by atoms with van der Waals surface area (Å²) < 4.78 is 92.0. The average molecular weight is 1020 g/mol. The molecular weight excluding hydrogens is 974 g/mol. The van der Waals surface area contributed by atoms with Crippen LogP contribution >= 0.6 is 23.2 Å². The Morgan fingerprint density at radius 3 is 1.72 bits per heavy atom. The van der Waals surface area contributed by atoms with Crippen LogP contribution in [-0.4, -0.2) is 67.4 Å². The highest BCUT2D eigenvalue weighted by Gasteiger charge is 2.26. The fourth-order valence-electron chi connectivity index (χ4n) is 7.37. The van der Waals surface area contributed by atoms with Crippen molar-refractivity contribution in [1.82, 2.24) is 19.1 Å². The number of hydrogen-bond donors (Lipinski definition) is 0. The van der Waals surface area contributed by atoms with E-state index in [1.54, 1.807) is 42.7 Å². The molecule has 0 saturated heterocycles. The molecule has 4 aromatic carbocycles. The fraction of sp³-hybridized carbons (Fsp3) is 0.180. The molecule has 0 amide bonds. The van der Waals surface area contributed by atoms with Gasteiger partial charge < -0.3 is 18.6 Å². The van der Waals surface area contributed by atoms with Gasteiger partial charge in [0, 0.05) is 62.1 Å². The van der Waals surface area contributed by atoms with Gasteiger partial charge in [0.2, 0.25) is 19.7 Å². The van der Waals surface area contributed by atoms with Crippen molar-refractivity contribution in [2.24, 2.45) is 0 Å². The summed E-state index contributed by atoms with van der Waals surface area (Å²) in [5.41, 5.74) is 4.34. The maximum absolute atomic E-state index is 14.2. The van der Waals surface area contributed by atoms with Crippen LogP contribution in [0, 0.1) is 25.5 Å². The number of rotatable bonds is 13. The van der Waals surface area contributed by atoms with Crippen LogP contribution in [0.25, 0.3) is 21.8 Å². The fourth-order valence-corrected chi connectivity index (χ4v) is 10.4. The number of carbonyl (C=O) groups is 3. The lowest BCUT2D eigenvalue weighted by molar-refractivity contribution is -0.144. The lowest BCUT2D eigenvalue weighted by Gasteiger charge is -2.11. The summed E-state index contributed by atoms with van der Waals surface area (Å²) in [4.78, 5) is 42.6. The van der Waals surface area contributed by atoms with E-state index in [0.717, 1.165) is 16.6 Å². The summed E-state index contributed by atoms with van der Waals surface area (Å²) >= 11 is 11.6. The van der Waals surface area contributed by atoms with Crippen molar-refractivity contribution >= 4 is 82.9 Å². The molecule has 0 aliphatic carbocycles. The second-order valence-electron chi connectivity index (χ2n) is 15.1. The summed E-state index contributed by atoms with van der Waals surface area (Å²) in [5.74, 6) is -1.39. The van der Waals surface area contributed by atoms with E-state index in [1.165, 1.54) is 97.3 Å². The Kier molecular flexibility index (Phi) is 16.9. The van der Waals surface area contributed by atoms with Crippen molar-refractivity contribution in [2.75, 3.05) is 13.2 Å². The van der Waals surface area contributed by atoms with E-state index in [2.05, 4.69) is 9.97 Å². The summed E-state index contributed by atoms with van der Waals surface area (Å²) in [5, 5.41) is 1.92. The molecular formula is C50H44Cl2F2N4O9S2. The second kappa shape index (κ2) is 22.5. The number of hydrogen-bond acceptors (Lipinski definition) is 11. The molecule has 0 fully saturated rings. The van der Waals surface area contributed by atoms with Gasteiger partial charge in [-0.1, -0.05) is 29.3 Å². The SMILES string of the molecule is CCOC(=O)Cn1c(C)c(Cc2cccnc2S(=O)(=O)c2ccc(Cl)cc2)c2cc(F)ccc21.CCOC(=O)Cn1c(C)cc2cc(F)ccc21.O=Cc1cccnc1S(=O)(=O)c1ccc(Cl)cc1. The van der Waals surface area contributed by atoms with Gasteiger partial charge in [0.05, 0.1) is 28.6 Å². The zero-order valence-corrected chi connectivity index (χ0v) is 40.7. The number of aryl methyl sites for hydroxylation is 1. The van der Waals surface area contributed by atoms with Gasteiger partial charge in [0.15, 0.2) is 16.3 Å². The molecule has 8 aromatic rings. The molecule has 0 saturated carbocycles. The molecule has 0 aliphatic heterocycles. The van der Waals surface area contributed by atoms with Gasteiger partial charge in [-0.05, 0) is 148 Å². The number of halogens is 4. The van der Waals surface area contributed by atoms with Crippen LogP contribution in [0.1, 0.15) is 46.7 Å². The zero-order chi connectivity index (χ0) is 50.0. The normalized spacial score (nSPS) is 11.3. The summed E-state index contributed by atoms with van der Waals surface area (Å²) in [6.45, 7) is 7.94. The molecule has 13 nitrogen and oxygen atoms in total. The van der Waals surface area contributed by atoms with E-state index in [0.29, 0.717) is 50.7 Å². The Labute approximate surface area is 407 Å². The molecule has 0 radical (unpaired) electrons. The molecule has 358 valence electrons. The smallest absolute Gasteiger partial charge is 0.325 e. The number of benzene rings is 4. The number of aldehydes is 1. The van der Waals surface area contributed by atoms with E-state index >= 15 is 0 Å². The van der Waals surface area contributed by atoms with E-state index in [9.17, 15) is 40.0 Å². The molecule has 0 unspecified atom stereocenters. The van der Waals surface area contributed by atoms with Crippen molar-refractivity contribution < 1.29 is 49.5 Å². The first-order chi connectivity index (χ1) is 32.9. The monoisotopic (exact) mass is 1020 g/mol. The average Bonchev–Trinajstić information content (AvgIpc) is 3.76. The quantitative estimate of drug-likeness (QED) is 0.0794. The molecule has 0 aliphatic rings. The predicted octanol–water partition coefficient (Wildman–Crippen LogP) is 10.2. The number of carbonyl (C=O) groups excluding carboxylic acids is 3. The molecule has 69 heavy (non-hydrogen) atoms. The van der Waals surface area contributed by atoms with E-state index < -0.39 is 31.5 Å². The molecule has 4 heterocycles. The van der Waals surface area contributed by atoms with Crippen LogP contribution in [0.3, 0.4) is 0 Å². The lowest BCUT2D eigenvalue weighted by Crippen LogP contribution is -2.14. The van der Waals surface area contributed by atoms with Crippen LogP contribution in [0.15, 0.2) is 147 Å². The van der Waals surface area contributed by atoms with Crippen molar-refractivity contribution in [1.29, 1.82) is 0 Å². The first-order valence-corrected chi connectivity index (χ1v) is 24.8. The topological polar surface area (TPSA) is 174 Å². The Balaban J connectivity index is 0.000000188. The van der Waals surface area contributed by atoms with Crippen molar-refractivity contribution in [2.45, 2.75) is 67.0 Å². The minimum atomic E-state index is -3.93. The highest BCUT2D eigenvalue weighted by molar-refractivity contribution is 7.91. The Morgan fingerprint density at radius 1 is 0.652 bits per heavy atom. The Hall–Kier alpha value is -6.79. The van der Waals surface area contributed by atoms with Gasteiger partial charge in [-0.25, -0.2) is 35.6 Å². The third kappa shape index (κ3) is 12.1. The minimum absolute atomic E-state index is 0.0347. The zero-order valence-electron chi connectivity index (χ0n) is 37.5. The Bertz CT molecular complexity index is 3400. The van der Waals surface area contributed by atoms with Gasteiger partial charge in [-0.3, -0.25) is 14.4 Å². The van der Waals surface area contributed by atoms with Crippen molar-refractivity contribution in [3.05, 3.63) is 177 Å². The maximum atomic E-state index is 14.2. The lowest BCUT2D eigenvalue weighted by atomic mass is 10.0. The molecule has 8 rings (SSSR count). The van der Waals surface area contributed by atoms with Gasteiger partial charge in [-0.2, -0.15) is 0 Å². The van der Waals surface area contributed by atoms with Gasteiger partial charge in [0.25, 0.3) is 0 Å². The third-order valence-corrected chi connectivity index (χ3v) is 14.6. The highest BCUT2D eigenvalue weighted by Crippen LogP contribution is 2.32. The summed E-state index contributed by atoms with van der Waals surface area (Å²) in [6, 6.07) is 28.5. The molecule has 4 aromatic heterocycles. The van der Waals surface area contributed by atoms with E-state index in [-0.39, 0.29) is 63.3 Å². The van der Waals surface area contributed by atoms with Crippen LogP contribution in [-0.2, 0) is 58.2 Å². The number of nitrogens with zero attached hydrogens (tertiary/aromatic N) is 4. The minimum Gasteiger partial charge on any atom is -0.465 e. The number of ether oxygens (including phenoxy) is 2. The van der Waals surface area contributed by atoms with E-state index in [1.807, 2.05) is 24.5 Å². The molecule has 19 heteroatoms. The molecule has 0 N–H and O–H groups in total. The number of aromatic nitrogens is 4. The van der Waals surface area contributed by atoms with Gasteiger partial charge in [0.1, 0.15) is 24.7 Å². The number of pyridine rings is 2. The van der Waals surface area contributed by atoms with Crippen LogP contribution < -0.4 is 0 Å². The number of sulfone groups is 2. The molecule has 0 bridgehead atoms. The van der Waals surface area contributed by atoms with Gasteiger partial charge in [-0.15, -0.1) is 0 Å². The largest absolute Gasteiger partial charge is 0.465 e. The van der Waals surface area contributed by atoms with Gasteiger partial charge >= 0.3 is 11.9 Å². The maximum Gasteiger partial charge on any atom is 0.325 e. The summed E-state index contributed by atoms with van der Waals surface area (Å²) in [6.07, 6.45) is 3.39.